The highest BCUT2D eigenvalue weighted by atomic mass is 35.5. The molecule has 3 heterocycles. The molecule has 0 amide bonds. The predicted octanol–water partition coefficient (Wildman–Crippen LogP) is 4.05. The van der Waals surface area contributed by atoms with Crippen molar-refractivity contribution in [2.45, 2.75) is 31.7 Å². The summed E-state index contributed by atoms with van der Waals surface area (Å²) in [6, 6.07) is 5.11. The van der Waals surface area contributed by atoms with Crippen LogP contribution in [0.15, 0.2) is 24.5 Å². The molecule has 0 aromatic carbocycles. The summed E-state index contributed by atoms with van der Waals surface area (Å²) in [6.45, 7) is 1.79. The first kappa shape index (κ1) is 18.1. The van der Waals surface area contributed by atoms with Crippen LogP contribution in [0.1, 0.15) is 48.8 Å². The highest BCUT2D eigenvalue weighted by molar-refractivity contribution is 6.33. The maximum Gasteiger partial charge on any atom is 0.159 e. The van der Waals surface area contributed by atoms with Crippen LogP contribution in [-0.2, 0) is 0 Å². The van der Waals surface area contributed by atoms with Crippen LogP contribution in [0.3, 0.4) is 0 Å². The lowest BCUT2D eigenvalue weighted by Crippen LogP contribution is -2.13. The zero-order valence-electron chi connectivity index (χ0n) is 14.9. The van der Waals surface area contributed by atoms with Crippen LogP contribution in [0.5, 0.6) is 0 Å². The summed E-state index contributed by atoms with van der Waals surface area (Å²) in [4.78, 5) is 12.3. The van der Waals surface area contributed by atoms with Crippen LogP contribution in [0.4, 0.5) is 21.8 Å². The molecule has 1 aliphatic carbocycles. The minimum atomic E-state index is -0.519. The number of aromatic amines is 1. The molecule has 1 saturated carbocycles. The highest BCUT2D eigenvalue weighted by Gasteiger charge is 2.25. The van der Waals surface area contributed by atoms with Crippen molar-refractivity contribution in [3.05, 3.63) is 52.4 Å². The summed E-state index contributed by atoms with van der Waals surface area (Å²) in [5.41, 5.74) is 1.35. The van der Waals surface area contributed by atoms with E-state index in [4.69, 9.17) is 11.6 Å². The van der Waals surface area contributed by atoms with Gasteiger partial charge in [0.1, 0.15) is 17.7 Å². The van der Waals surface area contributed by atoms with E-state index in [2.05, 4.69) is 41.9 Å². The van der Waals surface area contributed by atoms with Crippen molar-refractivity contribution >= 4 is 29.1 Å². The average molecular weight is 399 g/mol. The molecule has 0 aliphatic heterocycles. The van der Waals surface area contributed by atoms with E-state index >= 15 is 0 Å². The van der Waals surface area contributed by atoms with Gasteiger partial charge >= 0.3 is 0 Å². The molecule has 3 aromatic heterocycles. The second-order valence-electron chi connectivity index (χ2n) is 6.56. The lowest BCUT2D eigenvalue weighted by Gasteiger charge is -2.16. The van der Waals surface area contributed by atoms with E-state index in [1.165, 1.54) is 6.07 Å². The largest absolute Gasteiger partial charge is 0.359 e. The van der Waals surface area contributed by atoms with E-state index in [0.29, 0.717) is 34.2 Å². The van der Waals surface area contributed by atoms with Crippen LogP contribution in [-0.4, -0.2) is 25.1 Å². The van der Waals surface area contributed by atoms with Gasteiger partial charge in [-0.2, -0.15) is 10.4 Å². The van der Waals surface area contributed by atoms with Gasteiger partial charge in [-0.3, -0.25) is 5.10 Å². The number of hydrogen-bond acceptors (Lipinski definition) is 7. The van der Waals surface area contributed by atoms with Gasteiger partial charge in [0.15, 0.2) is 17.5 Å². The summed E-state index contributed by atoms with van der Waals surface area (Å²) < 4.78 is 13.0. The highest BCUT2D eigenvalue weighted by Crippen LogP contribution is 2.40. The van der Waals surface area contributed by atoms with Gasteiger partial charge in [0.2, 0.25) is 0 Å². The molecule has 8 nitrogen and oxygen atoms in total. The van der Waals surface area contributed by atoms with Gasteiger partial charge in [-0.25, -0.2) is 19.3 Å². The summed E-state index contributed by atoms with van der Waals surface area (Å²) in [7, 11) is 0. The van der Waals surface area contributed by atoms with Crippen molar-refractivity contribution in [1.29, 1.82) is 5.26 Å². The van der Waals surface area contributed by atoms with Crippen LogP contribution in [0.25, 0.3) is 0 Å². The molecule has 3 N–H and O–H groups in total. The van der Waals surface area contributed by atoms with Gasteiger partial charge in [0, 0.05) is 17.7 Å². The lowest BCUT2D eigenvalue weighted by atomic mass is 10.2. The number of nitriles is 1. The minimum Gasteiger partial charge on any atom is -0.359 e. The number of nitrogens with one attached hydrogen (secondary N) is 3. The predicted molar refractivity (Wildman–Crippen MR) is 102 cm³/mol. The maximum absolute atomic E-state index is 13.0. The fraction of sp³-hybridized carbons (Fsp3) is 0.278. The van der Waals surface area contributed by atoms with Crippen molar-refractivity contribution in [3.63, 3.8) is 0 Å². The zero-order chi connectivity index (χ0) is 19.7. The molecule has 28 heavy (non-hydrogen) atoms. The molecule has 0 spiro atoms. The van der Waals surface area contributed by atoms with Crippen molar-refractivity contribution in [2.75, 3.05) is 10.6 Å². The average Bonchev–Trinajstić information content (AvgIpc) is 3.44. The first-order chi connectivity index (χ1) is 13.5. The van der Waals surface area contributed by atoms with E-state index < -0.39 is 11.9 Å². The van der Waals surface area contributed by atoms with Gasteiger partial charge in [-0.05, 0) is 25.8 Å². The molecule has 0 saturated heterocycles. The number of nitrogens with zero attached hydrogens (tertiary/aromatic N) is 5. The van der Waals surface area contributed by atoms with E-state index in [1.807, 2.05) is 6.07 Å². The molecule has 142 valence electrons. The smallest absolute Gasteiger partial charge is 0.159 e. The Morgan fingerprint density at radius 3 is 2.71 bits per heavy atom. The molecule has 1 fully saturated rings. The third-order valence-electron chi connectivity index (χ3n) is 4.34. The second-order valence-corrected chi connectivity index (χ2v) is 6.97. The van der Waals surface area contributed by atoms with Crippen LogP contribution in [0, 0.1) is 17.1 Å². The van der Waals surface area contributed by atoms with Gasteiger partial charge in [-0.15, -0.1) is 0 Å². The number of H-pyrrole nitrogens is 1. The van der Waals surface area contributed by atoms with Gasteiger partial charge < -0.3 is 10.6 Å². The molecule has 1 aliphatic rings. The van der Waals surface area contributed by atoms with Crippen molar-refractivity contribution in [2.24, 2.45) is 0 Å². The molecule has 1 unspecified atom stereocenters. The summed E-state index contributed by atoms with van der Waals surface area (Å²) in [5, 5.41) is 23.1. The third kappa shape index (κ3) is 3.87. The van der Waals surface area contributed by atoms with Gasteiger partial charge in [0.25, 0.3) is 0 Å². The Morgan fingerprint density at radius 2 is 2.04 bits per heavy atom. The zero-order valence-corrected chi connectivity index (χ0v) is 15.6. The third-order valence-corrected chi connectivity index (χ3v) is 4.63. The Bertz CT molecular complexity index is 1040. The molecule has 0 bridgehead atoms. The summed E-state index contributed by atoms with van der Waals surface area (Å²) in [6.07, 6.45) is 4.50. The summed E-state index contributed by atoms with van der Waals surface area (Å²) in [5.74, 6) is 1.67. The van der Waals surface area contributed by atoms with Crippen molar-refractivity contribution in [3.8, 4) is 6.07 Å². The SMILES string of the molecule is CC(Nc1nc(Nc2cc(C3CC3)[nH]n2)c(Cl)cc1C#N)c1ncc(F)cn1. The monoisotopic (exact) mass is 398 g/mol. The number of hydrogen-bond donors (Lipinski definition) is 3. The summed E-state index contributed by atoms with van der Waals surface area (Å²) >= 11 is 6.27. The molecule has 0 radical (unpaired) electrons. The van der Waals surface area contributed by atoms with Gasteiger partial charge in [-0.1, -0.05) is 11.6 Å². The molecular formula is C18H16ClFN8. The van der Waals surface area contributed by atoms with Gasteiger partial charge in [0.05, 0.1) is 29.0 Å². The first-order valence-corrected chi connectivity index (χ1v) is 9.08. The molecule has 4 rings (SSSR count). The Hall–Kier alpha value is -3.25. The number of anilines is 3. The van der Waals surface area contributed by atoms with Crippen LogP contribution in [0.2, 0.25) is 5.02 Å². The number of rotatable bonds is 6. The molecule has 10 heteroatoms. The second kappa shape index (κ2) is 7.40. The normalized spacial score (nSPS) is 14.4. The Kier molecular flexibility index (Phi) is 4.79. The number of aromatic nitrogens is 5. The fourth-order valence-corrected chi connectivity index (χ4v) is 2.91. The van der Waals surface area contributed by atoms with Crippen molar-refractivity contribution < 1.29 is 4.39 Å². The minimum absolute atomic E-state index is 0.269. The Balaban J connectivity index is 1.57. The van der Waals surface area contributed by atoms with E-state index in [-0.39, 0.29) is 5.56 Å². The van der Waals surface area contributed by atoms with E-state index in [9.17, 15) is 9.65 Å². The van der Waals surface area contributed by atoms with E-state index in [1.54, 1.807) is 6.92 Å². The quantitative estimate of drug-likeness (QED) is 0.573. The molecular weight excluding hydrogens is 383 g/mol. The first-order valence-electron chi connectivity index (χ1n) is 8.70. The lowest BCUT2D eigenvalue weighted by molar-refractivity contribution is 0.604. The van der Waals surface area contributed by atoms with Crippen molar-refractivity contribution in [1.82, 2.24) is 25.1 Å². The molecule has 1 atom stereocenters. The molecule has 3 aromatic rings. The Labute approximate surface area is 165 Å². The topological polar surface area (TPSA) is 115 Å². The standard InChI is InChI=1S/C18H16ClFN8/c1-9(16-22-7-12(20)8-23-16)24-17-11(6-21)4-13(19)18(26-17)25-15-5-14(27-28-15)10-2-3-10/h4-5,7-10H,2-3H2,1H3,(H3,24,25,26,27,28). The fourth-order valence-electron chi connectivity index (χ4n) is 2.71. The Morgan fingerprint density at radius 1 is 1.29 bits per heavy atom. The van der Waals surface area contributed by atoms with Crippen LogP contribution >= 0.6 is 11.6 Å². The number of halogens is 2. The van der Waals surface area contributed by atoms with E-state index in [0.717, 1.165) is 30.9 Å². The maximum atomic E-state index is 13.0. The number of pyridine rings is 1. The van der Waals surface area contributed by atoms with Crippen LogP contribution < -0.4 is 10.6 Å².